The van der Waals surface area contributed by atoms with Crippen LogP contribution >= 0.6 is 11.6 Å². The quantitative estimate of drug-likeness (QED) is 0.522. The van der Waals surface area contributed by atoms with Gasteiger partial charge in [0.25, 0.3) is 0 Å². The summed E-state index contributed by atoms with van der Waals surface area (Å²) in [4.78, 5) is 20.5. The van der Waals surface area contributed by atoms with Crippen LogP contribution in [0.15, 0.2) is 47.5 Å². The first-order valence-electron chi connectivity index (χ1n) is 8.17. The van der Waals surface area contributed by atoms with E-state index in [9.17, 15) is 18.0 Å². The summed E-state index contributed by atoms with van der Waals surface area (Å²) in [6.07, 6.45) is 1.49. The molecule has 0 amide bonds. The van der Waals surface area contributed by atoms with E-state index < -0.39 is 23.0 Å². The van der Waals surface area contributed by atoms with E-state index in [0.717, 1.165) is 18.2 Å². The van der Waals surface area contributed by atoms with Gasteiger partial charge in [0.05, 0.1) is 12.0 Å². The lowest BCUT2D eigenvalue weighted by atomic mass is 10.1. The van der Waals surface area contributed by atoms with Crippen LogP contribution in [0.3, 0.4) is 0 Å². The zero-order valence-electron chi connectivity index (χ0n) is 14.5. The Balaban J connectivity index is 2.01. The fraction of sp³-hybridized carbons (Fsp3) is 0.105. The van der Waals surface area contributed by atoms with E-state index in [-0.39, 0.29) is 28.5 Å². The molecule has 2 aromatic heterocycles. The molecule has 2 heterocycles. The highest BCUT2D eigenvalue weighted by Crippen LogP contribution is 2.24. The Morgan fingerprint density at radius 2 is 1.86 bits per heavy atom. The van der Waals surface area contributed by atoms with E-state index in [1.807, 2.05) is 0 Å². The number of hydrogen-bond donors (Lipinski definition) is 0. The number of rotatable bonds is 3. The molecule has 0 bridgehead atoms. The van der Waals surface area contributed by atoms with Gasteiger partial charge in [-0.2, -0.15) is 4.98 Å². The number of aromatic nitrogens is 4. The lowest BCUT2D eigenvalue weighted by molar-refractivity contribution is 0.508. The first-order chi connectivity index (χ1) is 13.3. The smallest absolute Gasteiger partial charge is 0.301 e. The first kappa shape index (κ1) is 18.2. The summed E-state index contributed by atoms with van der Waals surface area (Å²) >= 11 is 6.11. The Hall–Kier alpha value is -3.13. The van der Waals surface area contributed by atoms with Crippen LogP contribution in [0.1, 0.15) is 11.4 Å². The molecule has 0 saturated carbocycles. The number of nitrogens with zero attached hydrogens (tertiary/aromatic N) is 4. The third-order valence-electron chi connectivity index (χ3n) is 4.33. The lowest BCUT2D eigenvalue weighted by Gasteiger charge is -2.16. The van der Waals surface area contributed by atoms with E-state index in [2.05, 4.69) is 9.97 Å². The van der Waals surface area contributed by atoms with Crippen molar-refractivity contribution in [1.82, 2.24) is 19.1 Å². The molecule has 0 aliphatic rings. The average molecular weight is 405 g/mol. The maximum Gasteiger partial charge on any atom is 0.301 e. The SMILES string of the molecule is Cn1cnc2c(=O)nc(Cc3ccc(F)cc3Cl)n(-c3ccc(F)c(F)c3)c21. The molecule has 0 saturated heterocycles. The summed E-state index contributed by atoms with van der Waals surface area (Å²) < 4.78 is 43.7. The van der Waals surface area contributed by atoms with E-state index in [1.165, 1.54) is 29.1 Å². The van der Waals surface area contributed by atoms with E-state index in [0.29, 0.717) is 11.2 Å². The second-order valence-electron chi connectivity index (χ2n) is 6.21. The predicted octanol–water partition coefficient (Wildman–Crippen LogP) is 3.78. The molecule has 4 aromatic rings. The largest absolute Gasteiger partial charge is 0.319 e. The van der Waals surface area contributed by atoms with Crippen molar-refractivity contribution in [2.75, 3.05) is 0 Å². The van der Waals surface area contributed by atoms with Crippen LogP contribution in [-0.4, -0.2) is 19.1 Å². The molecule has 0 spiro atoms. The molecule has 2 aromatic carbocycles. The molecule has 4 rings (SSSR count). The minimum atomic E-state index is -1.04. The predicted molar refractivity (Wildman–Crippen MR) is 98.2 cm³/mol. The summed E-state index contributed by atoms with van der Waals surface area (Å²) in [5, 5.41) is 0.163. The van der Waals surface area contributed by atoms with Crippen LogP contribution in [-0.2, 0) is 13.5 Å². The Bertz CT molecular complexity index is 1280. The Morgan fingerprint density at radius 3 is 2.57 bits per heavy atom. The van der Waals surface area contributed by atoms with Crippen molar-refractivity contribution in [2.45, 2.75) is 6.42 Å². The van der Waals surface area contributed by atoms with Crippen LogP contribution < -0.4 is 5.56 Å². The summed E-state index contributed by atoms with van der Waals surface area (Å²) in [6, 6.07) is 7.23. The van der Waals surface area contributed by atoms with Gasteiger partial charge in [0, 0.05) is 24.6 Å². The molecule has 0 N–H and O–H groups in total. The van der Waals surface area contributed by atoms with Gasteiger partial charge >= 0.3 is 5.56 Å². The minimum Gasteiger partial charge on any atom is -0.319 e. The zero-order chi connectivity index (χ0) is 20.0. The summed E-state index contributed by atoms with van der Waals surface area (Å²) in [5.41, 5.74) is 0.657. The fourth-order valence-corrected chi connectivity index (χ4v) is 3.26. The summed E-state index contributed by atoms with van der Waals surface area (Å²) in [6.45, 7) is 0. The van der Waals surface area contributed by atoms with Crippen LogP contribution in [0.5, 0.6) is 0 Å². The molecule has 142 valence electrons. The number of hydrogen-bond acceptors (Lipinski definition) is 3. The second kappa shape index (κ2) is 6.79. The van der Waals surface area contributed by atoms with Gasteiger partial charge in [-0.3, -0.25) is 9.36 Å². The number of halogens is 4. The fourth-order valence-electron chi connectivity index (χ4n) is 3.03. The third kappa shape index (κ3) is 3.05. The van der Waals surface area contributed by atoms with E-state index in [1.54, 1.807) is 11.6 Å². The van der Waals surface area contributed by atoms with Crippen molar-refractivity contribution in [3.8, 4) is 5.69 Å². The van der Waals surface area contributed by atoms with Gasteiger partial charge in [0.1, 0.15) is 11.6 Å². The van der Waals surface area contributed by atoms with Crippen molar-refractivity contribution < 1.29 is 13.2 Å². The van der Waals surface area contributed by atoms with Gasteiger partial charge in [0.15, 0.2) is 22.8 Å². The molecule has 0 aliphatic heterocycles. The van der Waals surface area contributed by atoms with Gasteiger partial charge in [-0.15, -0.1) is 0 Å². The molecular weight excluding hydrogens is 393 g/mol. The molecular formula is C19H12ClF3N4O. The van der Waals surface area contributed by atoms with Crippen LogP contribution in [0.4, 0.5) is 13.2 Å². The monoisotopic (exact) mass is 404 g/mol. The molecule has 9 heteroatoms. The van der Waals surface area contributed by atoms with Crippen molar-refractivity contribution in [3.05, 3.63) is 86.9 Å². The van der Waals surface area contributed by atoms with Gasteiger partial charge in [0.2, 0.25) is 0 Å². The molecule has 0 aliphatic carbocycles. The highest BCUT2D eigenvalue weighted by Gasteiger charge is 2.18. The standard InChI is InChI=1S/C19H12ClF3N4O/c1-26-9-24-17-18(28)25-16(6-10-2-3-11(21)7-13(10)20)27(19(17)26)12-4-5-14(22)15(23)8-12/h2-5,7-9H,6H2,1H3. The highest BCUT2D eigenvalue weighted by atomic mass is 35.5. The number of benzene rings is 2. The second-order valence-corrected chi connectivity index (χ2v) is 6.61. The van der Waals surface area contributed by atoms with E-state index >= 15 is 0 Å². The Kier molecular flexibility index (Phi) is 4.43. The molecule has 0 unspecified atom stereocenters. The third-order valence-corrected chi connectivity index (χ3v) is 4.69. The maximum atomic E-state index is 13.9. The van der Waals surface area contributed by atoms with Gasteiger partial charge < -0.3 is 4.57 Å². The van der Waals surface area contributed by atoms with Crippen LogP contribution in [0.25, 0.3) is 16.9 Å². The average Bonchev–Trinajstić information content (AvgIpc) is 3.03. The van der Waals surface area contributed by atoms with Crippen LogP contribution in [0.2, 0.25) is 5.02 Å². The van der Waals surface area contributed by atoms with Gasteiger partial charge in [-0.25, -0.2) is 18.2 Å². The minimum absolute atomic E-state index is 0.0640. The van der Waals surface area contributed by atoms with Crippen LogP contribution in [0, 0.1) is 17.5 Å². The number of fused-ring (bicyclic) bond motifs is 1. The van der Waals surface area contributed by atoms with Crippen molar-refractivity contribution >= 4 is 22.8 Å². The Labute approximate surface area is 161 Å². The zero-order valence-corrected chi connectivity index (χ0v) is 15.2. The first-order valence-corrected chi connectivity index (χ1v) is 8.55. The summed E-state index contributed by atoms with van der Waals surface area (Å²) in [5.74, 6) is -2.32. The molecule has 0 radical (unpaired) electrons. The van der Waals surface area contributed by atoms with Gasteiger partial charge in [-0.1, -0.05) is 17.7 Å². The topological polar surface area (TPSA) is 52.7 Å². The Morgan fingerprint density at radius 1 is 1.07 bits per heavy atom. The van der Waals surface area contributed by atoms with E-state index in [4.69, 9.17) is 11.6 Å². The molecule has 5 nitrogen and oxygen atoms in total. The number of imidazole rings is 1. The van der Waals surface area contributed by atoms with Gasteiger partial charge in [-0.05, 0) is 29.8 Å². The molecule has 0 atom stereocenters. The van der Waals surface area contributed by atoms with Crippen molar-refractivity contribution in [1.29, 1.82) is 0 Å². The summed E-state index contributed by atoms with van der Waals surface area (Å²) in [7, 11) is 1.67. The normalized spacial score (nSPS) is 11.3. The lowest BCUT2D eigenvalue weighted by Crippen LogP contribution is -2.20. The van der Waals surface area contributed by atoms with Crippen molar-refractivity contribution in [3.63, 3.8) is 0 Å². The molecule has 0 fully saturated rings. The number of aryl methyl sites for hydroxylation is 1. The molecule has 28 heavy (non-hydrogen) atoms. The maximum absolute atomic E-state index is 13.9. The highest BCUT2D eigenvalue weighted by molar-refractivity contribution is 6.31. The van der Waals surface area contributed by atoms with Crippen molar-refractivity contribution in [2.24, 2.45) is 7.05 Å².